The molecule has 2 N–H and O–H groups in total. The van der Waals surface area contributed by atoms with Gasteiger partial charge in [-0.1, -0.05) is 18.2 Å². The van der Waals surface area contributed by atoms with E-state index in [0.29, 0.717) is 5.56 Å². The molecule has 0 aliphatic carbocycles. The van der Waals surface area contributed by atoms with E-state index in [4.69, 9.17) is 10.5 Å². The van der Waals surface area contributed by atoms with Crippen molar-refractivity contribution >= 4 is 5.91 Å². The Morgan fingerprint density at radius 2 is 2.11 bits per heavy atom. The molecular formula is C15H22N2O2. The molecule has 1 amide bonds. The number of nitrogens with two attached hydrogens (primary N) is 1. The van der Waals surface area contributed by atoms with Crippen molar-refractivity contribution in [1.82, 2.24) is 4.90 Å². The fourth-order valence-corrected chi connectivity index (χ4v) is 2.49. The maximum absolute atomic E-state index is 11.3. The third-order valence-electron chi connectivity index (χ3n) is 3.52. The van der Waals surface area contributed by atoms with Gasteiger partial charge in [0, 0.05) is 25.3 Å². The lowest BCUT2D eigenvalue weighted by molar-refractivity contribution is 0.0999. The van der Waals surface area contributed by atoms with Gasteiger partial charge in [0.15, 0.2) is 0 Å². The lowest BCUT2D eigenvalue weighted by Crippen LogP contribution is -2.27. The van der Waals surface area contributed by atoms with Gasteiger partial charge in [0.05, 0.1) is 6.61 Å². The van der Waals surface area contributed by atoms with E-state index in [9.17, 15) is 4.79 Å². The van der Waals surface area contributed by atoms with E-state index >= 15 is 0 Å². The summed E-state index contributed by atoms with van der Waals surface area (Å²) in [6.07, 6.45) is 3.05. The third-order valence-corrected chi connectivity index (χ3v) is 3.52. The first-order valence-corrected chi connectivity index (χ1v) is 6.95. The standard InChI is InChI=1S/C15H22N2O2/c16-15(18)14-7-2-1-5-13(14)6-3-8-17-9-4-11-19-12-10-17/h1-2,5,7H,3-4,6,8-12H2,(H2,16,18). The number of hydrogen-bond donors (Lipinski definition) is 1. The van der Waals surface area contributed by atoms with Crippen LogP contribution in [0.2, 0.25) is 0 Å². The van der Waals surface area contributed by atoms with Gasteiger partial charge in [-0.25, -0.2) is 0 Å². The van der Waals surface area contributed by atoms with Crippen LogP contribution in [0.25, 0.3) is 0 Å². The van der Waals surface area contributed by atoms with Crippen LogP contribution in [0.15, 0.2) is 24.3 Å². The Morgan fingerprint density at radius 3 is 2.95 bits per heavy atom. The smallest absolute Gasteiger partial charge is 0.248 e. The highest BCUT2D eigenvalue weighted by Gasteiger charge is 2.10. The molecule has 1 aromatic rings. The summed E-state index contributed by atoms with van der Waals surface area (Å²) >= 11 is 0. The summed E-state index contributed by atoms with van der Waals surface area (Å²) in [5.41, 5.74) is 7.09. The summed E-state index contributed by atoms with van der Waals surface area (Å²) in [7, 11) is 0. The number of rotatable bonds is 5. The molecule has 19 heavy (non-hydrogen) atoms. The summed E-state index contributed by atoms with van der Waals surface area (Å²) in [5.74, 6) is -0.334. The number of aryl methyl sites for hydroxylation is 1. The van der Waals surface area contributed by atoms with Gasteiger partial charge in [0.2, 0.25) is 5.91 Å². The Kier molecular flexibility index (Phi) is 5.36. The van der Waals surface area contributed by atoms with Crippen LogP contribution in [0.1, 0.15) is 28.8 Å². The van der Waals surface area contributed by atoms with Crippen LogP contribution in [0, 0.1) is 0 Å². The third kappa shape index (κ3) is 4.33. The molecule has 1 heterocycles. The van der Waals surface area contributed by atoms with Gasteiger partial charge in [0.1, 0.15) is 0 Å². The van der Waals surface area contributed by atoms with E-state index in [1.54, 1.807) is 6.07 Å². The Labute approximate surface area is 114 Å². The zero-order valence-electron chi connectivity index (χ0n) is 11.3. The zero-order valence-corrected chi connectivity index (χ0v) is 11.3. The molecule has 4 nitrogen and oxygen atoms in total. The molecule has 1 saturated heterocycles. The molecule has 0 radical (unpaired) electrons. The second kappa shape index (κ2) is 7.26. The summed E-state index contributed by atoms with van der Waals surface area (Å²) in [6.45, 7) is 4.88. The molecule has 0 aromatic heterocycles. The number of nitrogens with zero attached hydrogens (tertiary/aromatic N) is 1. The predicted molar refractivity (Wildman–Crippen MR) is 75.2 cm³/mol. The first-order valence-electron chi connectivity index (χ1n) is 6.95. The van der Waals surface area contributed by atoms with Crippen molar-refractivity contribution in [3.05, 3.63) is 35.4 Å². The minimum absolute atomic E-state index is 0.334. The molecule has 1 aromatic carbocycles. The minimum atomic E-state index is -0.334. The number of hydrogen-bond acceptors (Lipinski definition) is 3. The fraction of sp³-hybridized carbons (Fsp3) is 0.533. The number of ether oxygens (including phenoxy) is 1. The molecule has 104 valence electrons. The summed E-state index contributed by atoms with van der Waals surface area (Å²) in [6, 6.07) is 7.61. The summed E-state index contributed by atoms with van der Waals surface area (Å²) in [4.78, 5) is 13.8. The molecule has 0 bridgehead atoms. The SMILES string of the molecule is NC(=O)c1ccccc1CCCN1CCCOCC1. The average molecular weight is 262 g/mol. The molecule has 0 unspecified atom stereocenters. The van der Waals surface area contributed by atoms with Crippen LogP contribution >= 0.6 is 0 Å². The molecule has 0 saturated carbocycles. The number of carbonyl (C=O) groups excluding carboxylic acids is 1. The Morgan fingerprint density at radius 1 is 1.26 bits per heavy atom. The maximum Gasteiger partial charge on any atom is 0.248 e. The van der Waals surface area contributed by atoms with Gasteiger partial charge in [-0.15, -0.1) is 0 Å². The van der Waals surface area contributed by atoms with Gasteiger partial charge >= 0.3 is 0 Å². The van der Waals surface area contributed by atoms with Crippen molar-refractivity contribution in [3.63, 3.8) is 0 Å². The van der Waals surface area contributed by atoms with Crippen LogP contribution in [-0.4, -0.2) is 43.7 Å². The molecule has 0 atom stereocenters. The second-order valence-electron chi connectivity index (χ2n) is 4.93. The van der Waals surface area contributed by atoms with Gasteiger partial charge in [-0.2, -0.15) is 0 Å². The topological polar surface area (TPSA) is 55.6 Å². The lowest BCUT2D eigenvalue weighted by atomic mass is 10.0. The van der Waals surface area contributed by atoms with Gasteiger partial charge < -0.3 is 15.4 Å². The molecular weight excluding hydrogens is 240 g/mol. The van der Waals surface area contributed by atoms with E-state index in [2.05, 4.69) is 4.90 Å². The largest absolute Gasteiger partial charge is 0.380 e. The van der Waals surface area contributed by atoms with E-state index < -0.39 is 0 Å². The van der Waals surface area contributed by atoms with Gasteiger partial charge in [-0.3, -0.25) is 4.79 Å². The van der Waals surface area contributed by atoms with E-state index in [1.165, 1.54) is 0 Å². The Hall–Kier alpha value is -1.39. The fourth-order valence-electron chi connectivity index (χ4n) is 2.49. The van der Waals surface area contributed by atoms with Crippen molar-refractivity contribution in [2.45, 2.75) is 19.3 Å². The van der Waals surface area contributed by atoms with Crippen molar-refractivity contribution in [2.24, 2.45) is 5.73 Å². The number of carbonyl (C=O) groups is 1. The van der Waals surface area contributed by atoms with E-state index in [-0.39, 0.29) is 5.91 Å². The molecule has 2 rings (SSSR count). The number of primary amides is 1. The molecule has 0 spiro atoms. The molecule has 1 aliphatic rings. The molecule has 1 aliphatic heterocycles. The Bertz CT molecular complexity index is 412. The van der Waals surface area contributed by atoms with Crippen LogP contribution in [0.4, 0.5) is 0 Å². The van der Waals surface area contributed by atoms with Crippen molar-refractivity contribution < 1.29 is 9.53 Å². The predicted octanol–water partition coefficient (Wildman–Crippen LogP) is 1.44. The highest BCUT2D eigenvalue weighted by atomic mass is 16.5. The monoisotopic (exact) mass is 262 g/mol. The van der Waals surface area contributed by atoms with E-state index in [0.717, 1.165) is 57.7 Å². The van der Waals surface area contributed by atoms with Crippen LogP contribution < -0.4 is 5.73 Å². The van der Waals surface area contributed by atoms with Crippen LogP contribution in [0.3, 0.4) is 0 Å². The second-order valence-corrected chi connectivity index (χ2v) is 4.93. The average Bonchev–Trinajstić information content (AvgIpc) is 2.68. The normalized spacial score (nSPS) is 17.1. The van der Waals surface area contributed by atoms with Crippen molar-refractivity contribution in [2.75, 3.05) is 32.8 Å². The molecule has 4 heteroatoms. The lowest BCUT2D eigenvalue weighted by Gasteiger charge is -2.18. The first-order chi connectivity index (χ1) is 9.27. The van der Waals surface area contributed by atoms with Crippen molar-refractivity contribution in [1.29, 1.82) is 0 Å². The van der Waals surface area contributed by atoms with Crippen LogP contribution in [-0.2, 0) is 11.2 Å². The number of benzene rings is 1. The highest BCUT2D eigenvalue weighted by Crippen LogP contribution is 2.11. The van der Waals surface area contributed by atoms with Crippen molar-refractivity contribution in [3.8, 4) is 0 Å². The zero-order chi connectivity index (χ0) is 13.5. The van der Waals surface area contributed by atoms with Gasteiger partial charge in [-0.05, 0) is 37.4 Å². The summed E-state index contributed by atoms with van der Waals surface area (Å²) in [5, 5.41) is 0. The first kappa shape index (κ1) is 14.0. The quantitative estimate of drug-likeness (QED) is 0.873. The van der Waals surface area contributed by atoms with Crippen LogP contribution in [0.5, 0.6) is 0 Å². The van der Waals surface area contributed by atoms with Gasteiger partial charge in [0.25, 0.3) is 0 Å². The van der Waals surface area contributed by atoms with E-state index in [1.807, 2.05) is 18.2 Å². The summed E-state index contributed by atoms with van der Waals surface area (Å²) < 4.78 is 5.44. The maximum atomic E-state index is 11.3. The highest BCUT2D eigenvalue weighted by molar-refractivity contribution is 5.94. The molecule has 1 fully saturated rings. The minimum Gasteiger partial charge on any atom is -0.380 e. The number of amides is 1. The Balaban J connectivity index is 1.83.